The number of hydrogen-bond donors (Lipinski definition) is 6. The molecule has 33 nitrogen and oxygen atoms in total. The first kappa shape index (κ1) is 89.1. The number of nitrogens with zero attached hydrogens (tertiary/aromatic N) is 5. The van der Waals surface area contributed by atoms with E-state index in [9.17, 15) is 62.6 Å². The highest BCUT2D eigenvalue weighted by molar-refractivity contribution is 6.12. The van der Waals surface area contributed by atoms with Crippen molar-refractivity contribution in [3.8, 4) is 46.0 Å². The number of carbonyl (C=O) groups is 13. The van der Waals surface area contributed by atoms with Gasteiger partial charge in [0.1, 0.15) is 94.5 Å². The number of aromatic hydroxyl groups is 1. The van der Waals surface area contributed by atoms with Crippen LogP contribution in [0.3, 0.4) is 0 Å². The van der Waals surface area contributed by atoms with E-state index >= 15 is 9.59 Å². The van der Waals surface area contributed by atoms with E-state index in [1.165, 1.54) is 84.1 Å². The lowest BCUT2D eigenvalue weighted by Crippen LogP contribution is -2.59. The fourth-order valence-electron chi connectivity index (χ4n) is 17.4. The number of likely N-dealkylation sites (N-methyl/N-ethyl adjacent to an activating group) is 4. The number of ketones is 3. The van der Waals surface area contributed by atoms with Crippen molar-refractivity contribution < 1.29 is 105 Å². The summed E-state index contributed by atoms with van der Waals surface area (Å²) in [6.07, 6.45) is 2.58. The second kappa shape index (κ2) is 35.3. The van der Waals surface area contributed by atoms with E-state index in [1.54, 1.807) is 81.6 Å². The Morgan fingerprint density at radius 1 is 0.650 bits per heavy atom. The second-order valence-corrected chi connectivity index (χ2v) is 34.4. The summed E-state index contributed by atoms with van der Waals surface area (Å²) >= 11 is 0. The molecule has 0 bridgehead atoms. The van der Waals surface area contributed by atoms with Gasteiger partial charge in [-0.3, -0.25) is 57.5 Å². The van der Waals surface area contributed by atoms with Crippen LogP contribution in [0.5, 0.6) is 34.5 Å². The van der Waals surface area contributed by atoms with E-state index in [4.69, 9.17) is 48.3 Å². The number of methoxy groups -OCH3 is 2. The first-order valence-corrected chi connectivity index (χ1v) is 40.7. The average molecular weight is 1660 g/mol. The maximum atomic E-state index is 15.2. The molecule has 9 aliphatic rings. The molecule has 0 aromatic heterocycles. The minimum absolute atomic E-state index is 0.0668. The highest BCUT2D eigenvalue weighted by Gasteiger charge is 2.51. The van der Waals surface area contributed by atoms with Gasteiger partial charge in [-0.25, -0.2) is 14.6 Å². The maximum Gasteiger partial charge on any atom is 0.329 e. The summed E-state index contributed by atoms with van der Waals surface area (Å²) in [7, 11) is 8.74. The van der Waals surface area contributed by atoms with E-state index in [2.05, 4.69) is 21.3 Å². The Hall–Kier alpha value is -11.7. The Bertz CT molecular complexity index is 5050. The van der Waals surface area contributed by atoms with Gasteiger partial charge in [0.25, 0.3) is 11.8 Å². The zero-order valence-electron chi connectivity index (χ0n) is 71.5. The fourth-order valence-corrected chi connectivity index (χ4v) is 17.4. The monoisotopic (exact) mass is 1660 g/mol. The number of benzene rings is 4. The number of anilines is 1. The number of aryl methyl sites for hydroxylation is 1. The minimum atomic E-state index is -1.86. The third-order valence-corrected chi connectivity index (χ3v) is 24.1. The van der Waals surface area contributed by atoms with Gasteiger partial charge in [-0.1, -0.05) is 74.3 Å². The summed E-state index contributed by atoms with van der Waals surface area (Å²) in [5.41, 5.74) is 4.60. The SMILES string of the molecule is COc1cc2c(cc1OC)C1C(=O)c3c(O)cc4c(c3OC1CO2)C=CC(C)(C)O4.Cc1c2oc3c(C)ccc(C(=O)NC4C(=O)NC(C(C)C)C(=O)C5CCCC5C(=O)N(C)CC(=O)N(C)C(C(C)C)C(=O)OC4C)c3nc-2c(C(=O)NC2C(=O)NC(C(C)C)C(=O)C3CCCC3C(=O)N(C)CC(=O)N(C)C(C(C)C)C(=O)OC2C)c(N)c1=O. The lowest BCUT2D eigenvalue weighted by molar-refractivity contribution is -0.163. The number of Topliss-reactive ketones (excluding diaryl/α,β-unsaturated/α-hetero) is 3. The van der Waals surface area contributed by atoms with Gasteiger partial charge in [0, 0.05) is 75.1 Å². The Labute approximate surface area is 695 Å². The molecule has 12 rings (SSSR count). The largest absolute Gasteiger partial charge is 0.507 e. The predicted octanol–water partition coefficient (Wildman–Crippen LogP) is 6.43. The predicted molar refractivity (Wildman–Crippen MR) is 436 cm³/mol. The van der Waals surface area contributed by atoms with Gasteiger partial charge in [-0.15, -0.1) is 0 Å². The Morgan fingerprint density at radius 3 is 1.63 bits per heavy atom. The van der Waals surface area contributed by atoms with Gasteiger partial charge in [-0.05, 0) is 121 Å². The Balaban J connectivity index is 0.000000388. The molecule has 646 valence electrons. The quantitative estimate of drug-likeness (QED) is 0.0498. The Kier molecular flexibility index (Phi) is 26.2. The van der Waals surface area contributed by atoms with Crippen molar-refractivity contribution in [1.29, 1.82) is 0 Å². The molecule has 6 heterocycles. The standard InChI is InChI=1S/C64H88N10O16.C23H22O7/c1-27(2)44-53(78)35-19-17-21-37(35)61(84)71(13)25-40(75)73(15)50(29(5)6)63(86)88-33(11)46(59(82)67-44)69-57(80)39-24-23-31(9)55-48(39)66-49-42(43(65)52(77)32(10)56(49)90-55)58(81)70-47-34(12)89-64(87)51(30(7)8)74(16)41(76)26-72(14)62(85)38-22-18-20-36(38)54(79)45(28(3)4)68-60(47)83;1-23(2)6-5-11-15(30-23)8-13(24)20-21(25)19-12-7-16(26-3)17(27-4)9-14(12)28-10-18(19)29-22(11)20/h23-24,27-30,33-38,44-47,50-51H,17-22,25-26,65H2,1-16H3,(H,67,82)(H,68,83)(H,69,80)(H,70,81);5-9,18-19,24H,10H2,1-4H3. The molecule has 7 N–H and O–H groups in total. The van der Waals surface area contributed by atoms with Crippen LogP contribution in [0.2, 0.25) is 0 Å². The van der Waals surface area contributed by atoms with Crippen LogP contribution in [0.25, 0.3) is 28.6 Å². The zero-order chi connectivity index (χ0) is 88.2. The van der Waals surface area contributed by atoms with Crippen LogP contribution in [0, 0.1) is 61.2 Å². The molecule has 2 saturated heterocycles. The number of nitrogens with two attached hydrogens (primary N) is 1. The minimum Gasteiger partial charge on any atom is -0.507 e. The topological polar surface area (TPSA) is 437 Å². The van der Waals surface area contributed by atoms with E-state index < -0.39 is 214 Å². The molecule has 3 aliphatic carbocycles. The molecule has 14 unspecified atom stereocenters. The van der Waals surface area contributed by atoms with Crippen LogP contribution >= 0.6 is 0 Å². The molecule has 2 saturated carbocycles. The van der Waals surface area contributed by atoms with Gasteiger partial charge in [0.05, 0.1) is 67.7 Å². The smallest absolute Gasteiger partial charge is 0.329 e. The average Bonchev–Trinajstić information content (AvgIpc) is 0.837. The summed E-state index contributed by atoms with van der Waals surface area (Å²) in [4.78, 5) is 211. The van der Waals surface area contributed by atoms with E-state index in [0.717, 1.165) is 9.80 Å². The number of cyclic esters (lactones) is 2. The third kappa shape index (κ3) is 17.3. The summed E-state index contributed by atoms with van der Waals surface area (Å²) in [5.74, 6) is -13.6. The number of rotatable bonds is 10. The third-order valence-electron chi connectivity index (χ3n) is 24.1. The highest BCUT2D eigenvalue weighted by atomic mass is 16.6. The number of esters is 2. The number of hydrogen-bond acceptors (Lipinski definition) is 25. The molecular formula is C87H110N10O23. The highest BCUT2D eigenvalue weighted by Crippen LogP contribution is 2.53. The van der Waals surface area contributed by atoms with Crippen molar-refractivity contribution in [2.75, 3.05) is 67.8 Å². The van der Waals surface area contributed by atoms with Crippen molar-refractivity contribution >= 4 is 99.4 Å². The normalized spacial score (nSPS) is 26.4. The van der Waals surface area contributed by atoms with E-state index in [0.29, 0.717) is 84.0 Å². The van der Waals surface area contributed by atoms with E-state index in [-0.39, 0.29) is 57.4 Å². The number of phenolic OH excluding ortho intramolecular Hbond substituents is 1. The number of amides is 8. The molecule has 0 spiro atoms. The number of aromatic nitrogens is 1. The number of ether oxygens (including phenoxy) is 7. The number of nitrogen functional groups attached to an aromatic ring is 1. The summed E-state index contributed by atoms with van der Waals surface area (Å²) in [6.45, 7) is 22.3. The van der Waals surface area contributed by atoms with Gasteiger partial charge in [0.15, 0.2) is 40.2 Å². The Morgan fingerprint density at radius 2 is 1.14 bits per heavy atom. The van der Waals surface area contributed by atoms with Crippen molar-refractivity contribution in [2.45, 2.75) is 202 Å². The summed E-state index contributed by atoms with van der Waals surface area (Å²) < 4.78 is 47.1. The van der Waals surface area contributed by atoms with Crippen molar-refractivity contribution in [2.24, 2.45) is 47.3 Å². The lowest BCUT2D eigenvalue weighted by Gasteiger charge is -2.39. The van der Waals surface area contributed by atoms with E-state index in [1.807, 2.05) is 26.0 Å². The molecule has 14 atom stereocenters. The lowest BCUT2D eigenvalue weighted by atomic mass is 9.80. The number of phenols is 1. The van der Waals surface area contributed by atoms with Gasteiger partial charge >= 0.3 is 11.9 Å². The molecule has 6 aliphatic heterocycles. The fraction of sp³-hybridized carbons (Fsp3) is 0.552. The zero-order valence-corrected chi connectivity index (χ0v) is 71.5. The summed E-state index contributed by atoms with van der Waals surface area (Å²) in [5, 5.41) is 21.5. The molecule has 120 heavy (non-hydrogen) atoms. The van der Waals surface area contributed by atoms with Crippen LogP contribution in [-0.4, -0.2) is 229 Å². The van der Waals surface area contributed by atoms with Crippen LogP contribution in [0.4, 0.5) is 5.69 Å². The molecular weight excluding hydrogens is 1550 g/mol. The first-order chi connectivity index (χ1) is 56.4. The van der Waals surface area contributed by atoms with Crippen LogP contribution in [-0.2, 0) is 57.4 Å². The first-order valence-electron chi connectivity index (χ1n) is 40.7. The second-order valence-electron chi connectivity index (χ2n) is 34.4. The van der Waals surface area contributed by atoms with Crippen LogP contribution < -0.4 is 56.1 Å². The summed E-state index contributed by atoms with van der Waals surface area (Å²) in [6, 6.07) is -0.791. The van der Waals surface area contributed by atoms with Crippen LogP contribution in [0.1, 0.15) is 181 Å². The molecule has 4 fully saturated rings. The number of nitrogens with one attached hydrogen (secondary N) is 4. The molecule has 0 radical (unpaired) electrons. The van der Waals surface area contributed by atoms with Crippen molar-refractivity contribution in [3.63, 3.8) is 0 Å². The molecule has 3 aromatic rings. The van der Waals surface area contributed by atoms with Gasteiger partial charge < -0.3 is 89.3 Å². The van der Waals surface area contributed by atoms with Crippen LogP contribution in [0.15, 0.2) is 45.6 Å². The number of fused-ring (bicyclic) bond motifs is 10. The maximum absolute atomic E-state index is 15.2. The van der Waals surface area contributed by atoms with Gasteiger partial charge in [0.2, 0.25) is 40.9 Å². The number of carbonyl (C=O) groups excluding carboxylic acids is 13. The molecule has 3 aromatic carbocycles. The van der Waals surface area contributed by atoms with Crippen molar-refractivity contribution in [3.05, 3.63) is 85.6 Å². The molecule has 33 heteroatoms. The molecule has 8 amide bonds. The van der Waals surface area contributed by atoms with Crippen molar-refractivity contribution in [1.82, 2.24) is 45.9 Å². The van der Waals surface area contributed by atoms with Gasteiger partial charge in [-0.2, -0.15) is 0 Å².